The molecule has 0 spiro atoms. The van der Waals surface area contributed by atoms with Gasteiger partial charge in [0, 0.05) is 74.1 Å². The highest BCUT2D eigenvalue weighted by Gasteiger charge is 2.40. The summed E-state index contributed by atoms with van der Waals surface area (Å²) in [5, 5.41) is 8.11. The monoisotopic (exact) mass is 630 g/mol. The van der Waals surface area contributed by atoms with Gasteiger partial charge in [0.2, 0.25) is 11.8 Å². The zero-order valence-electron chi connectivity index (χ0n) is 27.4. The molecule has 2 saturated carbocycles. The third-order valence-electron chi connectivity index (χ3n) is 11.4. The van der Waals surface area contributed by atoms with Crippen LogP contribution in [0.4, 0.5) is 5.69 Å². The van der Waals surface area contributed by atoms with Crippen LogP contribution in [0.2, 0.25) is 0 Å². The van der Waals surface area contributed by atoms with E-state index < -0.39 is 0 Å². The second kappa shape index (κ2) is 12.9. The highest BCUT2D eigenvalue weighted by Crippen LogP contribution is 2.46. The van der Waals surface area contributed by atoms with Crippen molar-refractivity contribution in [2.45, 2.75) is 108 Å². The molecule has 5 heterocycles. The summed E-state index contributed by atoms with van der Waals surface area (Å²) < 4.78 is 15.0. The molecule has 248 valence electrons. The number of piperidine rings is 2. The number of nitrogens with one attached hydrogen (secondary N) is 1. The van der Waals surface area contributed by atoms with Gasteiger partial charge in [-0.1, -0.05) is 0 Å². The number of amides is 2. The molecule has 3 saturated heterocycles. The highest BCUT2D eigenvalue weighted by atomic mass is 16.5. The third-order valence-corrected chi connectivity index (χ3v) is 11.4. The van der Waals surface area contributed by atoms with Gasteiger partial charge in [-0.05, 0) is 89.7 Å². The number of hydrogen-bond acceptors (Lipinski definition) is 7. The van der Waals surface area contributed by atoms with Gasteiger partial charge in [-0.15, -0.1) is 0 Å². The van der Waals surface area contributed by atoms with E-state index in [1.54, 1.807) is 0 Å². The molecule has 10 heteroatoms. The molecular formula is C36H50N6O4. The van der Waals surface area contributed by atoms with Crippen LogP contribution in [0, 0.1) is 5.92 Å². The molecule has 46 heavy (non-hydrogen) atoms. The first-order chi connectivity index (χ1) is 22.5. The molecule has 1 N–H and O–H groups in total. The number of hydrogen-bond donors (Lipinski definition) is 1. The van der Waals surface area contributed by atoms with Gasteiger partial charge in [-0.2, -0.15) is 5.10 Å². The summed E-state index contributed by atoms with van der Waals surface area (Å²) in [5.74, 6) is 1.69. The van der Waals surface area contributed by atoms with Crippen LogP contribution >= 0.6 is 0 Å². The number of carbonyl (C=O) groups excluding carboxylic acids is 2. The summed E-state index contributed by atoms with van der Waals surface area (Å²) in [6, 6.07) is 4.85. The lowest BCUT2D eigenvalue weighted by molar-refractivity contribution is -0.136. The second-order valence-corrected chi connectivity index (χ2v) is 14.7. The normalized spacial score (nSPS) is 25.2. The molecule has 1 aromatic heterocycles. The lowest BCUT2D eigenvalue weighted by Crippen LogP contribution is -2.52. The minimum atomic E-state index is 0.193. The van der Waals surface area contributed by atoms with Crippen LogP contribution in [0.1, 0.15) is 82.7 Å². The smallest absolute Gasteiger partial charge is 0.236 e. The average molecular weight is 631 g/mol. The molecule has 2 aliphatic carbocycles. The number of benzene rings is 1. The minimum Gasteiger partial charge on any atom is -0.489 e. The quantitative estimate of drug-likeness (QED) is 0.445. The summed E-state index contributed by atoms with van der Waals surface area (Å²) in [5.41, 5.74) is 4.41. The highest BCUT2D eigenvalue weighted by molar-refractivity contribution is 5.99. The Morgan fingerprint density at radius 1 is 0.913 bits per heavy atom. The van der Waals surface area contributed by atoms with Gasteiger partial charge in [0.25, 0.3) is 0 Å². The Balaban J connectivity index is 0.909. The molecule has 0 unspecified atom stereocenters. The van der Waals surface area contributed by atoms with Gasteiger partial charge in [-0.3, -0.25) is 19.2 Å². The van der Waals surface area contributed by atoms with Crippen LogP contribution in [-0.2, 0) is 20.7 Å². The van der Waals surface area contributed by atoms with Crippen LogP contribution in [0.25, 0.3) is 11.1 Å². The van der Waals surface area contributed by atoms with E-state index in [0.717, 1.165) is 126 Å². The molecule has 10 nitrogen and oxygen atoms in total. The van der Waals surface area contributed by atoms with E-state index in [4.69, 9.17) is 14.6 Å². The largest absolute Gasteiger partial charge is 0.489 e. The first kappa shape index (κ1) is 30.4. The van der Waals surface area contributed by atoms with Crippen molar-refractivity contribution in [2.24, 2.45) is 5.92 Å². The van der Waals surface area contributed by atoms with Crippen LogP contribution < -0.4 is 15.0 Å². The van der Waals surface area contributed by atoms with Gasteiger partial charge in [-0.25, -0.2) is 0 Å². The van der Waals surface area contributed by atoms with Gasteiger partial charge in [0.15, 0.2) is 0 Å². The fourth-order valence-corrected chi connectivity index (χ4v) is 7.87. The van der Waals surface area contributed by atoms with Crippen molar-refractivity contribution in [1.29, 1.82) is 0 Å². The van der Waals surface area contributed by atoms with E-state index in [9.17, 15) is 9.59 Å². The maximum Gasteiger partial charge on any atom is 0.236 e. The zero-order chi connectivity index (χ0) is 31.2. The molecule has 6 aliphatic rings. The van der Waals surface area contributed by atoms with E-state index in [1.807, 2.05) is 11.1 Å². The van der Waals surface area contributed by atoms with E-state index in [-0.39, 0.29) is 29.9 Å². The fraction of sp³-hybridized carbons (Fsp3) is 0.694. The first-order valence-corrected chi connectivity index (χ1v) is 18.1. The van der Waals surface area contributed by atoms with Crippen molar-refractivity contribution >= 4 is 17.5 Å². The Kier molecular flexibility index (Phi) is 8.54. The number of anilines is 1. The van der Waals surface area contributed by atoms with Crippen molar-refractivity contribution in [2.75, 3.05) is 50.7 Å². The molecule has 2 aromatic rings. The predicted octanol–water partition coefficient (Wildman–Crippen LogP) is 4.18. The topological polar surface area (TPSA) is 92.2 Å². The number of nitrogens with zero attached hydrogens (tertiary/aromatic N) is 5. The predicted molar refractivity (Wildman–Crippen MR) is 176 cm³/mol. The van der Waals surface area contributed by atoms with Crippen LogP contribution in [0.5, 0.6) is 5.75 Å². The summed E-state index contributed by atoms with van der Waals surface area (Å²) in [7, 11) is 0. The van der Waals surface area contributed by atoms with E-state index in [2.05, 4.69) is 45.1 Å². The van der Waals surface area contributed by atoms with Crippen LogP contribution in [0.15, 0.2) is 24.5 Å². The Morgan fingerprint density at radius 2 is 1.70 bits per heavy atom. The molecule has 0 bridgehead atoms. The van der Waals surface area contributed by atoms with Gasteiger partial charge >= 0.3 is 0 Å². The SMILES string of the molecule is C[C@H]1CCc2c(ccc(-c3cnn(C4CCN(CC(=O)N5CCC(OC6CNC6)CC5)CC4)c3)c2OC2CCC2)N1C(=O)C1CC1. The second-order valence-electron chi connectivity index (χ2n) is 14.7. The zero-order valence-corrected chi connectivity index (χ0v) is 27.4. The number of aromatic nitrogens is 2. The Bertz CT molecular complexity index is 1420. The average Bonchev–Trinajstić information content (AvgIpc) is 3.77. The third kappa shape index (κ3) is 6.20. The Hall–Kier alpha value is -2.95. The molecular weight excluding hydrogens is 580 g/mol. The minimum absolute atomic E-state index is 0.193. The first-order valence-electron chi connectivity index (χ1n) is 18.1. The maximum absolute atomic E-state index is 13.3. The Morgan fingerprint density at radius 3 is 2.37 bits per heavy atom. The molecule has 2 amide bonds. The molecule has 4 aliphatic heterocycles. The van der Waals surface area contributed by atoms with E-state index in [0.29, 0.717) is 24.8 Å². The number of ether oxygens (including phenoxy) is 2. The molecule has 0 radical (unpaired) electrons. The Labute approximate surface area is 272 Å². The molecule has 8 rings (SSSR count). The molecule has 5 fully saturated rings. The van der Waals surface area contributed by atoms with Gasteiger partial charge in [0.05, 0.1) is 42.8 Å². The van der Waals surface area contributed by atoms with E-state index >= 15 is 0 Å². The van der Waals surface area contributed by atoms with Gasteiger partial charge < -0.3 is 24.6 Å². The van der Waals surface area contributed by atoms with E-state index in [1.165, 1.54) is 12.0 Å². The van der Waals surface area contributed by atoms with Crippen LogP contribution in [-0.4, -0.2) is 102 Å². The standard InChI is InChI=1S/C36H50N6O4/c1-24-5-8-32-33(42(24)36(44)25-6-7-25)10-9-31(35(32)46-28-3-2-4-28)26-19-38-41(22-26)27-11-15-39(16-12-27)23-34(43)40-17-13-29(14-18-40)45-30-20-37-21-30/h9-10,19,22,24-25,27-30,37H,2-8,11-18,20-21,23H2,1H3/t24-/m0/s1. The number of carbonyl (C=O) groups is 2. The summed E-state index contributed by atoms with van der Waals surface area (Å²) in [6.45, 7) is 8.02. The van der Waals surface area contributed by atoms with Crippen LogP contribution in [0.3, 0.4) is 0 Å². The lowest BCUT2D eigenvalue weighted by atomic mass is 9.91. The summed E-state index contributed by atoms with van der Waals surface area (Å²) in [4.78, 5) is 32.9. The summed E-state index contributed by atoms with van der Waals surface area (Å²) in [6.07, 6.45) is 16.2. The van der Waals surface area contributed by atoms with Crippen molar-refractivity contribution in [1.82, 2.24) is 24.9 Å². The fourth-order valence-electron chi connectivity index (χ4n) is 7.87. The maximum atomic E-state index is 13.3. The van der Waals surface area contributed by atoms with Crippen molar-refractivity contribution in [3.05, 3.63) is 30.1 Å². The number of fused-ring (bicyclic) bond motifs is 1. The number of likely N-dealkylation sites (tertiary alicyclic amines) is 2. The summed E-state index contributed by atoms with van der Waals surface area (Å²) >= 11 is 0. The molecule has 1 atom stereocenters. The van der Waals surface area contributed by atoms with Crippen molar-refractivity contribution in [3.63, 3.8) is 0 Å². The van der Waals surface area contributed by atoms with Gasteiger partial charge in [0.1, 0.15) is 5.75 Å². The van der Waals surface area contributed by atoms with Crippen molar-refractivity contribution in [3.8, 4) is 16.9 Å². The van der Waals surface area contributed by atoms with Crippen molar-refractivity contribution < 1.29 is 19.1 Å². The number of rotatable bonds is 9. The lowest BCUT2D eigenvalue weighted by Gasteiger charge is -2.38. The molecule has 1 aromatic carbocycles.